The van der Waals surface area contributed by atoms with E-state index >= 15 is 0 Å². The Hall–Kier alpha value is -2.36. The fourth-order valence-corrected chi connectivity index (χ4v) is 4.34. The van der Waals surface area contributed by atoms with E-state index in [1.54, 1.807) is 23.0 Å². The highest BCUT2D eigenvalue weighted by Crippen LogP contribution is 2.30. The summed E-state index contributed by atoms with van der Waals surface area (Å²) in [5.74, 6) is 0.848. The van der Waals surface area contributed by atoms with E-state index in [0.717, 1.165) is 11.9 Å². The largest absolute Gasteiger partial charge is 0.419 e. The Bertz CT molecular complexity index is 1180. The fraction of sp³-hybridized carbons (Fsp3) is 0.278. The predicted octanol–water partition coefficient (Wildman–Crippen LogP) is 3.68. The van der Waals surface area contributed by atoms with Crippen molar-refractivity contribution in [3.05, 3.63) is 52.3 Å². The van der Waals surface area contributed by atoms with Gasteiger partial charge in [-0.25, -0.2) is 13.1 Å². The van der Waals surface area contributed by atoms with E-state index in [2.05, 4.69) is 10.2 Å². The standard InChI is InChI=1S/C18H18Cl2N4O4S/c1-4-24-16(9-11(2)21-24)28-15-7-8-23(22-15)10-13-14(29(3,26)27)6-5-12(17(13)19)18(20)25/h5-9H,4,10H2,1-3H3. The van der Waals surface area contributed by atoms with Gasteiger partial charge >= 0.3 is 0 Å². The molecule has 3 rings (SSSR count). The van der Waals surface area contributed by atoms with E-state index in [9.17, 15) is 13.2 Å². The van der Waals surface area contributed by atoms with Gasteiger partial charge in [-0.15, -0.1) is 5.10 Å². The first kappa shape index (κ1) is 21.4. The molecule has 3 aromatic rings. The van der Waals surface area contributed by atoms with Gasteiger partial charge < -0.3 is 4.74 Å². The number of ether oxygens (including phenoxy) is 1. The summed E-state index contributed by atoms with van der Waals surface area (Å²) in [6, 6.07) is 6.03. The first-order valence-electron chi connectivity index (χ1n) is 8.57. The van der Waals surface area contributed by atoms with Crippen LogP contribution in [-0.2, 0) is 22.9 Å². The number of hydrogen-bond acceptors (Lipinski definition) is 6. The molecule has 154 valence electrons. The van der Waals surface area contributed by atoms with Gasteiger partial charge in [-0.2, -0.15) is 5.10 Å². The van der Waals surface area contributed by atoms with Crippen molar-refractivity contribution in [1.82, 2.24) is 19.6 Å². The van der Waals surface area contributed by atoms with Gasteiger partial charge in [-0.3, -0.25) is 9.48 Å². The van der Waals surface area contributed by atoms with Crippen LogP contribution in [0.2, 0.25) is 5.02 Å². The van der Waals surface area contributed by atoms with Crippen LogP contribution < -0.4 is 4.74 Å². The minimum absolute atomic E-state index is 0.00168. The maximum Gasteiger partial charge on any atom is 0.253 e. The minimum Gasteiger partial charge on any atom is -0.419 e. The van der Waals surface area contributed by atoms with Crippen molar-refractivity contribution in [2.75, 3.05) is 6.26 Å². The lowest BCUT2D eigenvalue weighted by molar-refractivity contribution is 0.108. The fourth-order valence-electron chi connectivity index (χ4n) is 2.84. The van der Waals surface area contributed by atoms with Gasteiger partial charge in [0.1, 0.15) is 0 Å². The Morgan fingerprint density at radius 1 is 1.24 bits per heavy atom. The zero-order valence-electron chi connectivity index (χ0n) is 15.9. The lowest BCUT2D eigenvalue weighted by Gasteiger charge is -2.12. The highest BCUT2D eigenvalue weighted by atomic mass is 35.5. The first-order valence-corrected chi connectivity index (χ1v) is 11.2. The zero-order chi connectivity index (χ0) is 21.3. The summed E-state index contributed by atoms with van der Waals surface area (Å²) < 4.78 is 33.2. The van der Waals surface area contributed by atoms with Crippen LogP contribution in [0.3, 0.4) is 0 Å². The van der Waals surface area contributed by atoms with E-state index < -0.39 is 15.1 Å². The lowest BCUT2D eigenvalue weighted by Crippen LogP contribution is -2.10. The third-order valence-corrected chi connectivity index (χ3v) is 5.94. The second-order valence-corrected chi connectivity index (χ2v) is 9.05. The van der Waals surface area contributed by atoms with Gasteiger partial charge in [-0.05, 0) is 37.6 Å². The van der Waals surface area contributed by atoms with E-state index in [1.807, 2.05) is 13.8 Å². The number of hydrogen-bond donors (Lipinski definition) is 0. The smallest absolute Gasteiger partial charge is 0.253 e. The molecule has 0 radical (unpaired) electrons. The molecule has 0 aliphatic carbocycles. The van der Waals surface area contributed by atoms with E-state index in [0.29, 0.717) is 18.3 Å². The Kier molecular flexibility index (Phi) is 6.02. The minimum atomic E-state index is -3.59. The molecule has 0 bridgehead atoms. The molecule has 0 saturated carbocycles. The van der Waals surface area contributed by atoms with E-state index in [1.165, 1.54) is 16.8 Å². The third-order valence-electron chi connectivity index (χ3n) is 4.12. The van der Waals surface area contributed by atoms with Crippen LogP contribution >= 0.6 is 23.2 Å². The molecule has 29 heavy (non-hydrogen) atoms. The number of aryl methyl sites for hydroxylation is 2. The molecule has 0 spiro atoms. The zero-order valence-corrected chi connectivity index (χ0v) is 18.2. The van der Waals surface area contributed by atoms with Crippen molar-refractivity contribution in [1.29, 1.82) is 0 Å². The van der Waals surface area contributed by atoms with Gasteiger partial charge in [0.25, 0.3) is 5.24 Å². The van der Waals surface area contributed by atoms with Gasteiger partial charge in [0.2, 0.25) is 11.8 Å². The number of halogens is 2. The second-order valence-electron chi connectivity index (χ2n) is 6.34. The summed E-state index contributed by atoms with van der Waals surface area (Å²) in [6.45, 7) is 4.44. The predicted molar refractivity (Wildman–Crippen MR) is 109 cm³/mol. The average molecular weight is 457 g/mol. The Balaban J connectivity index is 1.94. The molecule has 0 atom stereocenters. The first-order chi connectivity index (χ1) is 13.6. The topological polar surface area (TPSA) is 96.1 Å². The Morgan fingerprint density at radius 2 is 1.97 bits per heavy atom. The van der Waals surface area contributed by atoms with Crippen molar-refractivity contribution in [2.24, 2.45) is 0 Å². The Labute approximate surface area is 177 Å². The average Bonchev–Trinajstić information content (AvgIpc) is 3.21. The number of nitrogens with zero attached hydrogens (tertiary/aromatic N) is 4. The summed E-state index contributed by atoms with van der Waals surface area (Å²) in [7, 11) is -3.59. The van der Waals surface area contributed by atoms with Crippen molar-refractivity contribution in [3.8, 4) is 11.8 Å². The molecule has 0 fully saturated rings. The van der Waals surface area contributed by atoms with Crippen LogP contribution in [0.1, 0.15) is 28.5 Å². The van der Waals surface area contributed by atoms with Gasteiger partial charge in [0, 0.05) is 36.7 Å². The van der Waals surface area contributed by atoms with Crippen molar-refractivity contribution >= 4 is 38.3 Å². The number of carbonyl (C=O) groups excluding carboxylic acids is 1. The summed E-state index contributed by atoms with van der Waals surface area (Å²) in [6.07, 6.45) is 2.68. The highest BCUT2D eigenvalue weighted by molar-refractivity contribution is 7.90. The maximum absolute atomic E-state index is 12.2. The maximum atomic E-state index is 12.2. The Morgan fingerprint density at radius 3 is 2.59 bits per heavy atom. The van der Waals surface area contributed by atoms with Crippen molar-refractivity contribution in [3.63, 3.8) is 0 Å². The number of sulfone groups is 1. The van der Waals surface area contributed by atoms with Gasteiger partial charge in [-0.1, -0.05) is 11.6 Å². The summed E-state index contributed by atoms with van der Waals surface area (Å²) in [5.41, 5.74) is 1.07. The quantitative estimate of drug-likeness (QED) is 0.503. The van der Waals surface area contributed by atoms with Gasteiger partial charge in [0.05, 0.1) is 27.7 Å². The molecule has 1 aromatic carbocycles. The van der Waals surface area contributed by atoms with Crippen LogP contribution in [0.15, 0.2) is 35.4 Å². The summed E-state index contributed by atoms with van der Waals surface area (Å²) in [4.78, 5) is 11.6. The van der Waals surface area contributed by atoms with E-state index in [-0.39, 0.29) is 27.6 Å². The van der Waals surface area contributed by atoms with Crippen LogP contribution in [0.5, 0.6) is 11.8 Å². The molecule has 0 amide bonds. The van der Waals surface area contributed by atoms with Crippen LogP contribution in [0, 0.1) is 6.92 Å². The molecule has 2 aromatic heterocycles. The monoisotopic (exact) mass is 456 g/mol. The molecule has 0 aliphatic rings. The number of carbonyl (C=O) groups is 1. The third kappa shape index (κ3) is 4.63. The molecule has 2 heterocycles. The molecule has 0 unspecified atom stereocenters. The summed E-state index contributed by atoms with van der Waals surface area (Å²) in [5, 5.41) is 7.81. The molecular formula is C18H18Cl2N4O4S. The van der Waals surface area contributed by atoms with Crippen LogP contribution in [0.25, 0.3) is 0 Å². The SMILES string of the molecule is CCn1nc(C)cc1Oc1ccn(Cc2c(S(C)(=O)=O)ccc(C(=O)Cl)c2Cl)n1. The molecule has 0 saturated heterocycles. The van der Waals surface area contributed by atoms with Crippen LogP contribution in [0.4, 0.5) is 0 Å². The summed E-state index contributed by atoms with van der Waals surface area (Å²) >= 11 is 11.8. The lowest BCUT2D eigenvalue weighted by atomic mass is 10.1. The second kappa shape index (κ2) is 8.17. The van der Waals surface area contributed by atoms with E-state index in [4.69, 9.17) is 27.9 Å². The normalized spacial score (nSPS) is 11.6. The van der Waals surface area contributed by atoms with Crippen molar-refractivity contribution < 1.29 is 17.9 Å². The molecule has 0 N–H and O–H groups in total. The molecule has 11 heteroatoms. The molecular weight excluding hydrogens is 439 g/mol. The number of benzene rings is 1. The molecule has 0 aliphatic heterocycles. The number of aromatic nitrogens is 4. The highest BCUT2D eigenvalue weighted by Gasteiger charge is 2.22. The number of rotatable bonds is 7. The molecule has 8 nitrogen and oxygen atoms in total. The van der Waals surface area contributed by atoms with Crippen molar-refractivity contribution in [2.45, 2.75) is 31.8 Å². The van der Waals surface area contributed by atoms with Crippen LogP contribution in [-0.4, -0.2) is 39.5 Å². The van der Waals surface area contributed by atoms with Gasteiger partial charge in [0.15, 0.2) is 9.84 Å².